The molecule has 4 rings (SSSR count). The molecule has 2 saturated heterocycles. The number of amides is 3. The van der Waals surface area contributed by atoms with E-state index < -0.39 is 18.0 Å². The summed E-state index contributed by atoms with van der Waals surface area (Å²) < 4.78 is 20.0. The first kappa shape index (κ1) is 18.5. The smallest absolute Gasteiger partial charge is 0.414 e. The Labute approximate surface area is 162 Å². The van der Waals surface area contributed by atoms with Gasteiger partial charge in [0, 0.05) is 44.8 Å². The number of nitrogens with zero attached hydrogens (tertiary/aromatic N) is 2. The molecule has 0 spiro atoms. The molecule has 2 heterocycles. The molecule has 3 fully saturated rings. The molecule has 3 amide bonds. The van der Waals surface area contributed by atoms with E-state index in [1.165, 1.54) is 24.8 Å². The highest BCUT2D eigenvalue weighted by atomic mass is 19.1. The number of carbonyl (C=O) groups is 3. The Hall–Kier alpha value is -2.84. The number of fused-ring (bicyclic) bond motifs is 1. The lowest BCUT2D eigenvalue weighted by Crippen LogP contribution is -2.34. The summed E-state index contributed by atoms with van der Waals surface area (Å²) in [6.07, 6.45) is -1.02. The van der Waals surface area contributed by atoms with Crippen molar-refractivity contribution in [2.45, 2.75) is 26.0 Å². The summed E-state index contributed by atoms with van der Waals surface area (Å²) in [7, 11) is 0. The maximum absolute atomic E-state index is 14.7. The third-order valence-electron chi connectivity index (χ3n) is 5.60. The van der Waals surface area contributed by atoms with Gasteiger partial charge in [-0.15, -0.1) is 0 Å². The van der Waals surface area contributed by atoms with Gasteiger partial charge in [-0.05, 0) is 18.2 Å². The van der Waals surface area contributed by atoms with Gasteiger partial charge in [-0.1, -0.05) is 0 Å². The highest BCUT2D eigenvalue weighted by Crippen LogP contribution is 2.47. The fourth-order valence-electron chi connectivity index (χ4n) is 4.19. The summed E-state index contributed by atoms with van der Waals surface area (Å²) in [4.78, 5) is 37.6. The monoisotopic (exact) mass is 390 g/mol. The number of rotatable bonds is 5. The predicted octanol–water partition coefficient (Wildman–Crippen LogP) is 0.858. The van der Waals surface area contributed by atoms with Crippen molar-refractivity contribution in [2.24, 2.45) is 11.8 Å². The molecule has 9 heteroatoms. The number of benzene rings is 1. The zero-order chi connectivity index (χ0) is 20.0. The van der Waals surface area contributed by atoms with Crippen LogP contribution in [0.15, 0.2) is 18.2 Å². The van der Waals surface area contributed by atoms with Gasteiger partial charge >= 0.3 is 6.09 Å². The lowest BCUT2D eigenvalue weighted by Gasteiger charge is -2.24. The molecule has 2 aliphatic heterocycles. The standard InChI is InChI=1S/C19H23FN4O4/c1-10(25)21-6-13-7-24(19(27)28-13)12-3-4-17(16(20)5-12)23-8-14-15(9-23)18(14)22-11(2)26/h3-5,13-15,18H,6-9H2,1-2H3,(H,21,25)(H,22,26)/t13-,14?,15?,18?/m0/s1. The van der Waals surface area contributed by atoms with E-state index in [1.54, 1.807) is 12.1 Å². The molecule has 0 radical (unpaired) electrons. The molecule has 150 valence electrons. The highest BCUT2D eigenvalue weighted by Gasteiger charge is 2.56. The van der Waals surface area contributed by atoms with Crippen molar-refractivity contribution in [1.82, 2.24) is 10.6 Å². The molecule has 2 N–H and O–H groups in total. The Balaban J connectivity index is 1.39. The fraction of sp³-hybridized carbons (Fsp3) is 0.526. The number of piperidine rings is 1. The van der Waals surface area contributed by atoms with Gasteiger partial charge in [0.1, 0.15) is 11.9 Å². The van der Waals surface area contributed by atoms with Crippen molar-refractivity contribution < 1.29 is 23.5 Å². The second-order valence-electron chi connectivity index (χ2n) is 7.65. The number of hydrogen-bond acceptors (Lipinski definition) is 5. The Morgan fingerprint density at radius 1 is 1.18 bits per heavy atom. The molecule has 3 atom stereocenters. The molecule has 2 unspecified atom stereocenters. The molecule has 0 bridgehead atoms. The summed E-state index contributed by atoms with van der Waals surface area (Å²) >= 11 is 0. The molecule has 1 aromatic carbocycles. The Kier molecular flexibility index (Phi) is 4.60. The van der Waals surface area contributed by atoms with E-state index in [-0.39, 0.29) is 30.9 Å². The highest BCUT2D eigenvalue weighted by molar-refractivity contribution is 5.90. The maximum Gasteiger partial charge on any atom is 0.414 e. The van der Waals surface area contributed by atoms with E-state index in [2.05, 4.69) is 10.6 Å². The van der Waals surface area contributed by atoms with Crippen LogP contribution in [0.5, 0.6) is 0 Å². The number of halogens is 1. The van der Waals surface area contributed by atoms with Crippen LogP contribution in [0, 0.1) is 17.7 Å². The molecule has 1 saturated carbocycles. The number of hydrogen-bond donors (Lipinski definition) is 2. The van der Waals surface area contributed by atoms with Crippen LogP contribution >= 0.6 is 0 Å². The van der Waals surface area contributed by atoms with Crippen LogP contribution in [0.4, 0.5) is 20.6 Å². The van der Waals surface area contributed by atoms with Gasteiger partial charge in [0.05, 0.1) is 24.5 Å². The summed E-state index contributed by atoms with van der Waals surface area (Å²) in [5.74, 6) is 0.107. The van der Waals surface area contributed by atoms with Crippen LogP contribution in [0.3, 0.4) is 0 Å². The SMILES string of the molecule is CC(=O)NC[C@H]1CN(c2ccc(N3CC4C(C3)C4NC(C)=O)c(F)c2)C(=O)O1. The lowest BCUT2D eigenvalue weighted by molar-refractivity contribution is -0.120. The second kappa shape index (κ2) is 6.96. The van der Waals surface area contributed by atoms with Gasteiger partial charge < -0.3 is 20.3 Å². The van der Waals surface area contributed by atoms with Gasteiger partial charge in [-0.25, -0.2) is 9.18 Å². The minimum absolute atomic E-state index is 0.0317. The van der Waals surface area contributed by atoms with Crippen LogP contribution in [0.2, 0.25) is 0 Å². The zero-order valence-corrected chi connectivity index (χ0v) is 15.8. The first-order chi connectivity index (χ1) is 13.3. The number of ether oxygens (including phenoxy) is 1. The zero-order valence-electron chi connectivity index (χ0n) is 15.8. The summed E-state index contributed by atoms with van der Waals surface area (Å²) in [5.41, 5.74) is 0.928. The van der Waals surface area contributed by atoms with Gasteiger partial charge in [0.2, 0.25) is 11.8 Å². The molecule has 0 aromatic heterocycles. The third kappa shape index (κ3) is 3.48. The van der Waals surface area contributed by atoms with Crippen molar-refractivity contribution in [3.63, 3.8) is 0 Å². The minimum atomic E-state index is -0.553. The number of nitrogens with one attached hydrogen (secondary N) is 2. The number of anilines is 2. The quantitative estimate of drug-likeness (QED) is 0.778. The molecule has 3 aliphatic rings. The van der Waals surface area contributed by atoms with E-state index in [4.69, 9.17) is 4.74 Å². The Morgan fingerprint density at radius 2 is 1.89 bits per heavy atom. The van der Waals surface area contributed by atoms with Gasteiger partial charge in [-0.3, -0.25) is 14.5 Å². The number of carbonyl (C=O) groups excluding carboxylic acids is 3. The molecular formula is C19H23FN4O4. The van der Waals surface area contributed by atoms with E-state index in [0.717, 1.165) is 0 Å². The first-order valence-electron chi connectivity index (χ1n) is 9.37. The summed E-state index contributed by atoms with van der Waals surface area (Å²) in [6.45, 7) is 4.79. The van der Waals surface area contributed by atoms with Crippen LogP contribution in [0.1, 0.15) is 13.8 Å². The lowest BCUT2D eigenvalue weighted by atomic mass is 10.2. The van der Waals surface area contributed by atoms with Crippen LogP contribution in [-0.4, -0.2) is 56.2 Å². The van der Waals surface area contributed by atoms with Crippen LogP contribution < -0.4 is 20.4 Å². The Morgan fingerprint density at radius 3 is 2.50 bits per heavy atom. The van der Waals surface area contributed by atoms with Crippen molar-refractivity contribution in [1.29, 1.82) is 0 Å². The van der Waals surface area contributed by atoms with Crippen molar-refractivity contribution in [3.8, 4) is 0 Å². The second-order valence-corrected chi connectivity index (χ2v) is 7.65. The number of cyclic esters (lactones) is 1. The van der Waals surface area contributed by atoms with Gasteiger partial charge in [0.15, 0.2) is 0 Å². The predicted molar refractivity (Wildman–Crippen MR) is 99.5 cm³/mol. The largest absolute Gasteiger partial charge is 0.442 e. The van der Waals surface area contributed by atoms with Crippen LogP contribution in [-0.2, 0) is 14.3 Å². The Bertz CT molecular complexity index is 820. The normalized spacial score (nSPS) is 28.0. The van der Waals surface area contributed by atoms with Crippen molar-refractivity contribution in [2.75, 3.05) is 36.0 Å². The average molecular weight is 390 g/mol. The minimum Gasteiger partial charge on any atom is -0.442 e. The molecule has 28 heavy (non-hydrogen) atoms. The van der Waals surface area contributed by atoms with Crippen molar-refractivity contribution in [3.05, 3.63) is 24.0 Å². The summed E-state index contributed by atoms with van der Waals surface area (Å²) in [5, 5.41) is 5.55. The van der Waals surface area contributed by atoms with E-state index >= 15 is 0 Å². The molecule has 8 nitrogen and oxygen atoms in total. The molecular weight excluding hydrogens is 367 g/mol. The maximum atomic E-state index is 14.7. The third-order valence-corrected chi connectivity index (χ3v) is 5.60. The van der Waals surface area contributed by atoms with Gasteiger partial charge in [0.25, 0.3) is 0 Å². The van der Waals surface area contributed by atoms with E-state index in [1.807, 2.05) is 4.90 Å². The van der Waals surface area contributed by atoms with E-state index in [0.29, 0.717) is 36.3 Å². The topological polar surface area (TPSA) is 91.0 Å². The molecule has 1 aromatic rings. The van der Waals surface area contributed by atoms with Crippen LogP contribution in [0.25, 0.3) is 0 Å². The van der Waals surface area contributed by atoms with Crippen molar-refractivity contribution >= 4 is 29.3 Å². The van der Waals surface area contributed by atoms with Gasteiger partial charge in [-0.2, -0.15) is 0 Å². The summed E-state index contributed by atoms with van der Waals surface area (Å²) in [6, 6.07) is 4.93. The fourth-order valence-corrected chi connectivity index (χ4v) is 4.19. The average Bonchev–Trinajstić information content (AvgIpc) is 2.99. The molecule has 1 aliphatic carbocycles. The first-order valence-corrected chi connectivity index (χ1v) is 9.37. The van der Waals surface area contributed by atoms with E-state index in [9.17, 15) is 18.8 Å².